The van der Waals surface area contributed by atoms with Gasteiger partial charge in [0.15, 0.2) is 0 Å². The molecule has 2 N–H and O–H groups in total. The van der Waals surface area contributed by atoms with Crippen LogP contribution in [0.2, 0.25) is 0 Å². The zero-order chi connectivity index (χ0) is 8.77. The van der Waals surface area contributed by atoms with Gasteiger partial charge < -0.3 is 5.73 Å². The minimum atomic E-state index is -0.112. The van der Waals surface area contributed by atoms with E-state index in [4.69, 9.17) is 5.73 Å². The van der Waals surface area contributed by atoms with Crippen molar-refractivity contribution in [2.24, 2.45) is 5.73 Å². The average molecular weight is 226 g/mol. The zero-order valence-electron chi connectivity index (χ0n) is 7.10. The molecule has 1 aromatic rings. The van der Waals surface area contributed by atoms with Gasteiger partial charge in [-0.3, -0.25) is 0 Å². The largest absolute Gasteiger partial charge is 0.322 e. The third kappa shape index (κ3) is 1.19. The molecule has 2 rings (SSSR count). The van der Waals surface area contributed by atoms with Gasteiger partial charge in [-0.2, -0.15) is 0 Å². The molecule has 12 heavy (non-hydrogen) atoms. The fourth-order valence-corrected chi connectivity index (χ4v) is 2.19. The maximum Gasteiger partial charge on any atom is 0.0387 e. The van der Waals surface area contributed by atoms with Gasteiger partial charge in [0.1, 0.15) is 0 Å². The number of hydrogen-bond acceptors (Lipinski definition) is 1. The molecule has 0 saturated heterocycles. The summed E-state index contributed by atoms with van der Waals surface area (Å²) in [6.07, 6.45) is 2.19. The Hall–Kier alpha value is -0.340. The molecule has 0 spiro atoms. The van der Waals surface area contributed by atoms with E-state index in [9.17, 15) is 0 Å². The van der Waals surface area contributed by atoms with Gasteiger partial charge in [0.25, 0.3) is 0 Å². The Morgan fingerprint density at radius 3 is 3.00 bits per heavy atom. The predicted octanol–water partition coefficient (Wildman–Crippen LogP) is 2.57. The number of hydrogen-bond donors (Lipinski definition) is 1. The van der Waals surface area contributed by atoms with Gasteiger partial charge in [-0.1, -0.05) is 22.0 Å². The maximum absolute atomic E-state index is 6.14. The van der Waals surface area contributed by atoms with Crippen molar-refractivity contribution in [3.8, 4) is 0 Å². The number of halogens is 1. The third-order valence-electron chi connectivity index (χ3n) is 2.60. The van der Waals surface area contributed by atoms with Crippen LogP contribution in [0.3, 0.4) is 0 Å². The van der Waals surface area contributed by atoms with Crippen molar-refractivity contribution < 1.29 is 0 Å². The highest BCUT2D eigenvalue weighted by atomic mass is 79.9. The highest BCUT2D eigenvalue weighted by molar-refractivity contribution is 9.10. The lowest BCUT2D eigenvalue weighted by Gasteiger charge is -2.18. The monoisotopic (exact) mass is 225 g/mol. The average Bonchev–Trinajstić information content (AvgIpc) is 2.28. The second kappa shape index (κ2) is 2.57. The minimum absolute atomic E-state index is 0.112. The molecule has 0 amide bonds. The molecule has 0 bridgehead atoms. The van der Waals surface area contributed by atoms with Gasteiger partial charge in [-0.15, -0.1) is 0 Å². The van der Waals surface area contributed by atoms with Crippen molar-refractivity contribution in [3.63, 3.8) is 0 Å². The summed E-state index contributed by atoms with van der Waals surface area (Å²) in [5.74, 6) is 0. The smallest absolute Gasteiger partial charge is 0.0387 e. The van der Waals surface area contributed by atoms with E-state index in [1.807, 2.05) is 0 Å². The molecule has 0 heterocycles. The first kappa shape index (κ1) is 8.27. The number of benzene rings is 1. The molecular formula is C10H12BrN. The normalized spacial score (nSPS) is 27.2. The number of nitrogens with two attached hydrogens (primary N) is 1. The van der Waals surface area contributed by atoms with E-state index in [1.165, 1.54) is 11.1 Å². The molecule has 1 unspecified atom stereocenters. The van der Waals surface area contributed by atoms with Crippen LogP contribution in [0.15, 0.2) is 22.7 Å². The van der Waals surface area contributed by atoms with E-state index in [-0.39, 0.29) is 5.54 Å². The first-order valence-corrected chi connectivity index (χ1v) is 4.97. The van der Waals surface area contributed by atoms with Crippen LogP contribution in [-0.2, 0) is 12.0 Å². The fourth-order valence-electron chi connectivity index (χ4n) is 1.83. The molecular weight excluding hydrogens is 214 g/mol. The van der Waals surface area contributed by atoms with E-state index in [0.717, 1.165) is 17.3 Å². The Balaban J connectivity index is 2.57. The molecule has 0 saturated carbocycles. The number of aryl methyl sites for hydroxylation is 1. The van der Waals surface area contributed by atoms with Crippen LogP contribution in [0.1, 0.15) is 24.5 Å². The Labute approximate surface area is 81.1 Å². The topological polar surface area (TPSA) is 26.0 Å². The summed E-state index contributed by atoms with van der Waals surface area (Å²) < 4.78 is 1.12. The van der Waals surface area contributed by atoms with Crippen molar-refractivity contribution in [1.29, 1.82) is 0 Å². The lowest BCUT2D eigenvalue weighted by Crippen LogP contribution is -2.29. The summed E-state index contributed by atoms with van der Waals surface area (Å²) in [6, 6.07) is 6.39. The van der Waals surface area contributed by atoms with Crippen LogP contribution in [-0.4, -0.2) is 0 Å². The van der Waals surface area contributed by atoms with Gasteiger partial charge in [0.2, 0.25) is 0 Å². The zero-order valence-corrected chi connectivity index (χ0v) is 8.69. The molecule has 1 aliphatic rings. The van der Waals surface area contributed by atoms with Crippen molar-refractivity contribution in [1.82, 2.24) is 0 Å². The van der Waals surface area contributed by atoms with Gasteiger partial charge in [-0.25, -0.2) is 0 Å². The van der Waals surface area contributed by atoms with E-state index in [1.54, 1.807) is 0 Å². The highest BCUT2D eigenvalue weighted by Gasteiger charge is 2.29. The van der Waals surface area contributed by atoms with Crippen LogP contribution in [0.4, 0.5) is 0 Å². The predicted molar refractivity (Wildman–Crippen MR) is 54.0 cm³/mol. The lowest BCUT2D eigenvalue weighted by molar-refractivity contribution is 0.492. The minimum Gasteiger partial charge on any atom is -0.322 e. The molecule has 64 valence electrons. The van der Waals surface area contributed by atoms with Crippen LogP contribution < -0.4 is 5.73 Å². The fraction of sp³-hybridized carbons (Fsp3) is 0.400. The van der Waals surface area contributed by atoms with Gasteiger partial charge >= 0.3 is 0 Å². The molecule has 0 fully saturated rings. The van der Waals surface area contributed by atoms with E-state index < -0.39 is 0 Å². The molecule has 1 aliphatic carbocycles. The Kier molecular flexibility index (Phi) is 1.77. The quantitative estimate of drug-likeness (QED) is 0.722. The molecule has 1 nitrogen and oxygen atoms in total. The SMILES string of the molecule is CC1(N)CCc2ccc(Br)cc21. The lowest BCUT2D eigenvalue weighted by atomic mass is 9.96. The second-order valence-electron chi connectivity index (χ2n) is 3.72. The van der Waals surface area contributed by atoms with E-state index in [2.05, 4.69) is 41.1 Å². The van der Waals surface area contributed by atoms with Crippen LogP contribution in [0.25, 0.3) is 0 Å². The van der Waals surface area contributed by atoms with Crippen molar-refractivity contribution in [3.05, 3.63) is 33.8 Å². The van der Waals surface area contributed by atoms with Crippen molar-refractivity contribution in [2.75, 3.05) is 0 Å². The second-order valence-corrected chi connectivity index (χ2v) is 4.63. The molecule has 0 radical (unpaired) electrons. The highest BCUT2D eigenvalue weighted by Crippen LogP contribution is 2.35. The molecule has 1 atom stereocenters. The first-order valence-electron chi connectivity index (χ1n) is 4.17. The summed E-state index contributed by atoms with van der Waals surface area (Å²) >= 11 is 3.46. The van der Waals surface area contributed by atoms with Crippen LogP contribution >= 0.6 is 15.9 Å². The van der Waals surface area contributed by atoms with Crippen molar-refractivity contribution >= 4 is 15.9 Å². The molecule has 0 aromatic heterocycles. The van der Waals surface area contributed by atoms with Crippen LogP contribution in [0, 0.1) is 0 Å². The molecule has 0 aliphatic heterocycles. The molecule has 1 aromatic carbocycles. The third-order valence-corrected chi connectivity index (χ3v) is 3.09. The van der Waals surface area contributed by atoms with Gasteiger partial charge in [0, 0.05) is 10.0 Å². The summed E-state index contributed by atoms with van der Waals surface area (Å²) in [5.41, 5.74) is 8.73. The summed E-state index contributed by atoms with van der Waals surface area (Å²) in [4.78, 5) is 0. The summed E-state index contributed by atoms with van der Waals surface area (Å²) in [6.45, 7) is 2.10. The van der Waals surface area contributed by atoms with E-state index >= 15 is 0 Å². The first-order chi connectivity index (χ1) is 5.59. The molecule has 2 heteroatoms. The van der Waals surface area contributed by atoms with Gasteiger partial charge in [-0.05, 0) is 43.0 Å². The van der Waals surface area contributed by atoms with Crippen molar-refractivity contribution in [2.45, 2.75) is 25.3 Å². The number of fused-ring (bicyclic) bond motifs is 1. The van der Waals surface area contributed by atoms with Gasteiger partial charge in [0.05, 0.1) is 0 Å². The summed E-state index contributed by atoms with van der Waals surface area (Å²) in [5, 5.41) is 0. The van der Waals surface area contributed by atoms with Crippen LogP contribution in [0.5, 0.6) is 0 Å². The van der Waals surface area contributed by atoms with E-state index in [0.29, 0.717) is 0 Å². The maximum atomic E-state index is 6.14. The standard InChI is InChI=1S/C10H12BrN/c1-10(12)5-4-7-2-3-8(11)6-9(7)10/h2-3,6H,4-5,12H2,1H3. The Morgan fingerprint density at radius 2 is 2.25 bits per heavy atom. The Bertz CT molecular complexity index is 318. The Morgan fingerprint density at radius 1 is 1.50 bits per heavy atom. The number of rotatable bonds is 0. The summed E-state index contributed by atoms with van der Waals surface area (Å²) in [7, 11) is 0.